The largest absolute Gasteiger partial charge is 0.366 e. The zero-order chi connectivity index (χ0) is 20.0. The Labute approximate surface area is 169 Å². The van der Waals surface area contributed by atoms with Crippen LogP contribution in [-0.2, 0) is 0 Å². The number of pyridine rings is 3. The molecule has 7 nitrogen and oxygen atoms in total. The molecule has 1 fully saturated rings. The Balaban J connectivity index is 1.52. The van der Waals surface area contributed by atoms with E-state index in [-0.39, 0.29) is 12.1 Å². The van der Waals surface area contributed by atoms with E-state index in [9.17, 15) is 4.79 Å². The first-order valence-corrected chi connectivity index (χ1v) is 9.80. The lowest BCUT2D eigenvalue weighted by molar-refractivity contribution is 0.255. The summed E-state index contributed by atoms with van der Waals surface area (Å²) in [6, 6.07) is 11.8. The Morgan fingerprint density at radius 1 is 1.10 bits per heavy atom. The average molecular weight is 386 g/mol. The van der Waals surface area contributed by atoms with Crippen LogP contribution in [0.15, 0.2) is 48.8 Å². The fourth-order valence-corrected chi connectivity index (χ4v) is 4.06. The van der Waals surface area contributed by atoms with Gasteiger partial charge in [-0.3, -0.25) is 14.9 Å². The molecular formula is C22H22N6O. The summed E-state index contributed by atoms with van der Waals surface area (Å²) < 4.78 is 0. The van der Waals surface area contributed by atoms with Crippen LogP contribution >= 0.6 is 0 Å². The second-order valence-electron chi connectivity index (χ2n) is 7.60. The summed E-state index contributed by atoms with van der Waals surface area (Å²) in [7, 11) is 0. The minimum Gasteiger partial charge on any atom is -0.366 e. The smallest absolute Gasteiger partial charge is 0.327 e. The molecule has 2 aliphatic rings. The van der Waals surface area contributed by atoms with Gasteiger partial charge in [0.2, 0.25) is 0 Å². The van der Waals surface area contributed by atoms with E-state index in [1.165, 1.54) is 0 Å². The number of fused-ring (bicyclic) bond motifs is 4. The van der Waals surface area contributed by atoms with Crippen molar-refractivity contribution in [2.45, 2.75) is 26.3 Å². The number of anilines is 3. The molecule has 0 unspecified atom stereocenters. The van der Waals surface area contributed by atoms with Gasteiger partial charge in [-0.1, -0.05) is 0 Å². The molecule has 146 valence electrons. The third-order valence-corrected chi connectivity index (χ3v) is 5.53. The minimum absolute atomic E-state index is 0.114. The van der Waals surface area contributed by atoms with Crippen LogP contribution in [0.4, 0.5) is 22.0 Å². The first kappa shape index (κ1) is 17.6. The van der Waals surface area contributed by atoms with Crippen molar-refractivity contribution < 1.29 is 4.79 Å². The highest BCUT2D eigenvalue weighted by molar-refractivity contribution is 6.04. The fourth-order valence-electron chi connectivity index (χ4n) is 4.06. The van der Waals surface area contributed by atoms with E-state index in [0.717, 1.165) is 47.8 Å². The van der Waals surface area contributed by atoms with Crippen LogP contribution in [-0.4, -0.2) is 40.1 Å². The number of carbonyl (C=O) groups is 1. The van der Waals surface area contributed by atoms with E-state index >= 15 is 0 Å². The highest BCUT2D eigenvalue weighted by atomic mass is 16.2. The summed E-state index contributed by atoms with van der Waals surface area (Å²) in [5, 5.41) is 2.99. The maximum atomic E-state index is 13.2. The second kappa shape index (κ2) is 6.84. The summed E-state index contributed by atoms with van der Waals surface area (Å²) in [5.74, 6) is 0.711. The maximum Gasteiger partial charge on any atom is 0.327 e. The Bertz CT molecular complexity index is 1080. The molecule has 5 heterocycles. The molecule has 1 atom stereocenters. The van der Waals surface area contributed by atoms with Crippen LogP contribution in [0.3, 0.4) is 0 Å². The van der Waals surface area contributed by atoms with Crippen molar-refractivity contribution in [1.82, 2.24) is 15.0 Å². The van der Waals surface area contributed by atoms with Crippen molar-refractivity contribution in [2.75, 3.05) is 28.2 Å². The first-order valence-electron chi connectivity index (χ1n) is 9.80. The van der Waals surface area contributed by atoms with Crippen molar-refractivity contribution in [3.05, 3.63) is 60.2 Å². The Morgan fingerprint density at radius 3 is 2.79 bits per heavy atom. The van der Waals surface area contributed by atoms with E-state index < -0.39 is 0 Å². The molecule has 1 saturated heterocycles. The predicted octanol–water partition coefficient (Wildman–Crippen LogP) is 3.79. The molecule has 1 N–H and O–H groups in total. The number of rotatable bonds is 2. The van der Waals surface area contributed by atoms with Crippen LogP contribution in [0.5, 0.6) is 0 Å². The van der Waals surface area contributed by atoms with E-state index in [0.29, 0.717) is 11.5 Å². The number of hydrogen-bond donors (Lipinski definition) is 1. The van der Waals surface area contributed by atoms with E-state index in [1.54, 1.807) is 12.4 Å². The number of nitrogens with one attached hydrogen (secondary N) is 1. The lowest BCUT2D eigenvalue weighted by atomic mass is 10.1. The minimum atomic E-state index is -0.168. The molecule has 3 aromatic rings. The maximum absolute atomic E-state index is 13.2. The van der Waals surface area contributed by atoms with Crippen LogP contribution < -0.4 is 15.1 Å². The molecule has 2 aliphatic heterocycles. The van der Waals surface area contributed by atoms with E-state index in [4.69, 9.17) is 4.98 Å². The van der Waals surface area contributed by atoms with Crippen LogP contribution in [0.1, 0.15) is 17.8 Å². The zero-order valence-electron chi connectivity index (χ0n) is 16.5. The van der Waals surface area contributed by atoms with Crippen molar-refractivity contribution >= 4 is 23.2 Å². The van der Waals surface area contributed by atoms with Gasteiger partial charge >= 0.3 is 6.03 Å². The van der Waals surface area contributed by atoms with Gasteiger partial charge in [0.05, 0.1) is 29.3 Å². The van der Waals surface area contributed by atoms with Gasteiger partial charge < -0.3 is 10.2 Å². The topological polar surface area (TPSA) is 74.2 Å². The predicted molar refractivity (Wildman–Crippen MR) is 113 cm³/mol. The molecule has 7 heteroatoms. The second-order valence-corrected chi connectivity index (χ2v) is 7.60. The van der Waals surface area contributed by atoms with Gasteiger partial charge in [-0.2, -0.15) is 0 Å². The number of aryl methyl sites for hydroxylation is 2. The molecule has 0 radical (unpaired) electrons. The van der Waals surface area contributed by atoms with E-state index in [2.05, 4.69) is 26.3 Å². The quantitative estimate of drug-likeness (QED) is 0.725. The molecule has 0 aromatic carbocycles. The van der Waals surface area contributed by atoms with E-state index in [1.807, 2.05) is 49.1 Å². The number of aromatic nitrogens is 3. The molecule has 0 aliphatic carbocycles. The van der Waals surface area contributed by atoms with Gasteiger partial charge in [0, 0.05) is 36.2 Å². The molecule has 3 aromatic heterocycles. The SMILES string of the molecule is Cc1ccc(NC(=O)N2c3nc(-c4ccnc(C)c4)ccc3N3CC[C@H]2C3)cn1. The Hall–Kier alpha value is -3.48. The normalized spacial score (nSPS) is 17.2. The van der Waals surface area contributed by atoms with Crippen LogP contribution in [0.25, 0.3) is 11.3 Å². The molecule has 29 heavy (non-hydrogen) atoms. The Morgan fingerprint density at radius 2 is 2.00 bits per heavy atom. The average Bonchev–Trinajstić information content (AvgIpc) is 3.14. The number of nitrogens with zero attached hydrogens (tertiary/aromatic N) is 5. The monoisotopic (exact) mass is 386 g/mol. The van der Waals surface area contributed by atoms with Gasteiger partial charge in [-0.05, 0) is 56.7 Å². The third-order valence-electron chi connectivity index (χ3n) is 5.53. The standard InChI is InChI=1S/C22H22N6O/c1-14-3-4-17(12-24-14)25-22(29)28-18-8-10-27(13-18)20-6-5-19(26-21(20)28)16-7-9-23-15(2)11-16/h3-7,9,11-12,18H,8,10,13H2,1-2H3,(H,25,29)/t18-/m0/s1. The summed E-state index contributed by atoms with van der Waals surface area (Å²) in [4.78, 5) is 30.8. The van der Waals surface area contributed by atoms with Crippen LogP contribution in [0, 0.1) is 13.8 Å². The highest BCUT2D eigenvalue weighted by Crippen LogP contribution is 2.40. The highest BCUT2D eigenvalue weighted by Gasteiger charge is 2.40. The van der Waals surface area contributed by atoms with Crippen molar-refractivity contribution in [1.29, 1.82) is 0 Å². The molecule has 5 rings (SSSR count). The number of urea groups is 1. The first-order chi connectivity index (χ1) is 14.1. The number of amides is 2. The van der Waals surface area contributed by atoms with Crippen molar-refractivity contribution in [2.24, 2.45) is 0 Å². The number of carbonyl (C=O) groups excluding carboxylic acids is 1. The zero-order valence-corrected chi connectivity index (χ0v) is 16.5. The van der Waals surface area contributed by atoms with Crippen LogP contribution in [0.2, 0.25) is 0 Å². The molecule has 0 saturated carbocycles. The molecule has 2 bridgehead atoms. The Kier molecular flexibility index (Phi) is 4.16. The third kappa shape index (κ3) is 3.18. The van der Waals surface area contributed by atoms with Gasteiger partial charge in [0.15, 0.2) is 5.82 Å². The summed E-state index contributed by atoms with van der Waals surface area (Å²) in [6.07, 6.45) is 4.40. The lowest BCUT2D eigenvalue weighted by Gasteiger charge is -2.36. The van der Waals surface area contributed by atoms with Gasteiger partial charge in [0.25, 0.3) is 0 Å². The van der Waals surface area contributed by atoms with Crippen molar-refractivity contribution in [3.8, 4) is 11.3 Å². The van der Waals surface area contributed by atoms with Gasteiger partial charge in [0.1, 0.15) is 0 Å². The molecule has 0 spiro atoms. The number of hydrogen-bond acceptors (Lipinski definition) is 5. The fraction of sp³-hybridized carbons (Fsp3) is 0.273. The summed E-state index contributed by atoms with van der Waals surface area (Å²) >= 11 is 0. The molecular weight excluding hydrogens is 364 g/mol. The summed E-state index contributed by atoms with van der Waals surface area (Å²) in [6.45, 7) is 5.65. The van der Waals surface area contributed by atoms with Gasteiger partial charge in [-0.25, -0.2) is 9.78 Å². The lowest BCUT2D eigenvalue weighted by Crippen LogP contribution is -2.48. The van der Waals surface area contributed by atoms with Gasteiger partial charge in [-0.15, -0.1) is 0 Å². The van der Waals surface area contributed by atoms with Crippen molar-refractivity contribution in [3.63, 3.8) is 0 Å². The summed E-state index contributed by atoms with van der Waals surface area (Å²) in [5.41, 5.74) is 5.38. The molecule has 2 amide bonds.